The van der Waals surface area contributed by atoms with Crippen LogP contribution in [0.15, 0.2) is 0 Å². The van der Waals surface area contributed by atoms with E-state index in [1.54, 1.807) is 15.3 Å². The van der Waals surface area contributed by atoms with Crippen molar-refractivity contribution in [1.29, 1.82) is 0 Å². The molecule has 4 nitrogen and oxygen atoms in total. The molecule has 0 atom stereocenters. The van der Waals surface area contributed by atoms with Crippen LogP contribution >= 0.6 is 11.3 Å². The topological polar surface area (TPSA) is 33.5 Å². The Morgan fingerprint density at radius 2 is 1.91 bits per heavy atom. The second kappa shape index (κ2) is 5.78. The molecule has 1 aliphatic carbocycles. The monoisotopic (exact) mass is 317 g/mol. The van der Waals surface area contributed by atoms with Gasteiger partial charge in [-0.05, 0) is 31.2 Å². The van der Waals surface area contributed by atoms with Crippen LogP contribution in [0.5, 0.6) is 0 Å². The van der Waals surface area contributed by atoms with Gasteiger partial charge in [-0.15, -0.1) is 11.3 Å². The van der Waals surface area contributed by atoms with Crippen LogP contribution in [0.25, 0.3) is 10.2 Å². The predicted molar refractivity (Wildman–Crippen MR) is 92.3 cm³/mol. The van der Waals surface area contributed by atoms with Gasteiger partial charge in [0.2, 0.25) is 0 Å². The molecule has 22 heavy (non-hydrogen) atoms. The van der Waals surface area contributed by atoms with Gasteiger partial charge in [-0.25, -0.2) is 9.97 Å². The maximum atomic E-state index is 4.96. The zero-order valence-electron chi connectivity index (χ0n) is 13.6. The van der Waals surface area contributed by atoms with Gasteiger partial charge in [-0.3, -0.25) is 0 Å². The number of quaternary nitrogens is 1. The lowest BCUT2D eigenvalue weighted by atomic mass is 9.97. The molecule has 0 bridgehead atoms. The third-order valence-electron chi connectivity index (χ3n) is 5.07. The van der Waals surface area contributed by atoms with Gasteiger partial charge in [-0.2, -0.15) is 0 Å². The lowest BCUT2D eigenvalue weighted by Gasteiger charge is -2.31. The van der Waals surface area contributed by atoms with Crippen LogP contribution < -0.4 is 9.80 Å². The minimum absolute atomic E-state index is 0.921. The first kappa shape index (κ1) is 14.4. The Hall–Kier alpha value is -1.20. The van der Waals surface area contributed by atoms with Gasteiger partial charge < -0.3 is 9.80 Å². The lowest BCUT2D eigenvalue weighted by Crippen LogP contribution is -3.12. The molecule has 4 rings (SSSR count). The van der Waals surface area contributed by atoms with Crippen molar-refractivity contribution >= 4 is 27.4 Å². The van der Waals surface area contributed by atoms with Gasteiger partial charge in [0, 0.05) is 11.3 Å². The van der Waals surface area contributed by atoms with E-state index < -0.39 is 0 Å². The fourth-order valence-electron chi connectivity index (χ4n) is 3.67. The van der Waals surface area contributed by atoms with Crippen LogP contribution in [-0.2, 0) is 19.3 Å². The van der Waals surface area contributed by atoms with Crippen LogP contribution in [0, 0.1) is 0 Å². The third-order valence-corrected chi connectivity index (χ3v) is 6.26. The zero-order chi connectivity index (χ0) is 15.1. The molecule has 0 amide bonds. The average molecular weight is 317 g/mol. The number of fused-ring (bicyclic) bond motifs is 3. The summed E-state index contributed by atoms with van der Waals surface area (Å²) in [5.74, 6) is 2.24. The second-order valence-electron chi connectivity index (χ2n) is 6.65. The summed E-state index contributed by atoms with van der Waals surface area (Å²) in [6.07, 6.45) is 6.03. The first-order valence-electron chi connectivity index (χ1n) is 8.63. The highest BCUT2D eigenvalue weighted by atomic mass is 32.1. The molecule has 1 saturated heterocycles. The summed E-state index contributed by atoms with van der Waals surface area (Å²) in [5, 5.41) is 1.39. The zero-order valence-corrected chi connectivity index (χ0v) is 14.4. The van der Waals surface area contributed by atoms with Crippen LogP contribution in [0.4, 0.5) is 5.82 Å². The largest absolute Gasteiger partial charge is 0.345 e. The van der Waals surface area contributed by atoms with Crippen molar-refractivity contribution in [3.63, 3.8) is 0 Å². The lowest BCUT2D eigenvalue weighted by molar-refractivity contribution is -0.880. The highest BCUT2D eigenvalue weighted by Crippen LogP contribution is 2.39. The molecule has 3 heterocycles. The summed E-state index contributed by atoms with van der Waals surface area (Å²) in [6.45, 7) is 6.81. The quantitative estimate of drug-likeness (QED) is 0.911. The molecular formula is C17H25N4S+. The van der Waals surface area contributed by atoms with E-state index in [0.29, 0.717) is 0 Å². The Morgan fingerprint density at radius 3 is 2.68 bits per heavy atom. The van der Waals surface area contributed by atoms with Crippen LogP contribution in [0.3, 0.4) is 0 Å². The summed E-state index contributed by atoms with van der Waals surface area (Å²) < 4.78 is 0. The molecule has 2 aliphatic rings. The summed E-state index contributed by atoms with van der Waals surface area (Å²) in [4.78, 5) is 16.8. The number of hydrogen-bond donors (Lipinski definition) is 1. The maximum absolute atomic E-state index is 4.96. The number of likely N-dealkylation sites (N-methyl/N-ethyl adjacent to an activating group) is 1. The summed E-state index contributed by atoms with van der Waals surface area (Å²) in [7, 11) is 2.29. The number of piperazine rings is 1. The fourth-order valence-corrected chi connectivity index (χ4v) is 4.94. The first-order chi connectivity index (χ1) is 10.8. The standard InChI is InChI=1S/C17H24N4S/c1-3-14-18-16(21-10-8-20(2)9-11-21)15-12-6-4-5-7-13(12)22-17(15)19-14/h3-11H2,1-2H3/p+1. The highest BCUT2D eigenvalue weighted by Gasteiger charge is 2.26. The number of thiophene rings is 1. The summed E-state index contributed by atoms with van der Waals surface area (Å²) in [5.41, 5.74) is 1.56. The van der Waals surface area contributed by atoms with E-state index in [-0.39, 0.29) is 0 Å². The number of aromatic nitrogens is 2. The molecule has 0 aromatic carbocycles. The van der Waals surface area contributed by atoms with Crippen molar-refractivity contribution in [2.45, 2.75) is 39.0 Å². The summed E-state index contributed by atoms with van der Waals surface area (Å²) in [6, 6.07) is 0. The Morgan fingerprint density at radius 1 is 1.14 bits per heavy atom. The van der Waals surface area contributed by atoms with Crippen molar-refractivity contribution in [3.05, 3.63) is 16.3 Å². The highest BCUT2D eigenvalue weighted by molar-refractivity contribution is 7.19. The third kappa shape index (κ3) is 2.40. The minimum Gasteiger partial charge on any atom is -0.345 e. The van der Waals surface area contributed by atoms with Gasteiger partial charge in [0.1, 0.15) is 16.5 Å². The normalized spacial score (nSPS) is 19.6. The first-order valence-corrected chi connectivity index (χ1v) is 9.45. The van der Waals surface area contributed by atoms with Crippen molar-refractivity contribution in [1.82, 2.24) is 9.97 Å². The number of nitrogens with one attached hydrogen (secondary N) is 1. The molecule has 1 aliphatic heterocycles. The second-order valence-corrected chi connectivity index (χ2v) is 7.74. The molecule has 2 aromatic rings. The molecule has 2 aromatic heterocycles. The molecule has 118 valence electrons. The number of hydrogen-bond acceptors (Lipinski definition) is 4. The van der Waals surface area contributed by atoms with Crippen molar-refractivity contribution < 1.29 is 4.90 Å². The van der Waals surface area contributed by atoms with E-state index in [1.807, 2.05) is 11.3 Å². The molecule has 1 fully saturated rings. The molecule has 1 N–H and O–H groups in total. The minimum atomic E-state index is 0.921. The van der Waals surface area contributed by atoms with Gasteiger partial charge in [0.25, 0.3) is 0 Å². The summed E-state index contributed by atoms with van der Waals surface area (Å²) >= 11 is 1.92. The molecule has 5 heteroatoms. The molecule has 0 radical (unpaired) electrons. The SMILES string of the molecule is CCc1nc(N2CC[NH+](C)CC2)c2c3c(sc2n1)CCCC3. The Kier molecular flexibility index (Phi) is 3.78. The van der Waals surface area contributed by atoms with Gasteiger partial charge in [0.05, 0.1) is 38.6 Å². The van der Waals surface area contributed by atoms with Crippen LogP contribution in [-0.4, -0.2) is 43.2 Å². The average Bonchev–Trinajstić information content (AvgIpc) is 2.93. The smallest absolute Gasteiger partial charge is 0.141 e. The van der Waals surface area contributed by atoms with Crippen LogP contribution in [0.1, 0.15) is 36.0 Å². The molecule has 0 saturated carbocycles. The maximum Gasteiger partial charge on any atom is 0.141 e. The van der Waals surface area contributed by atoms with E-state index in [0.717, 1.165) is 25.3 Å². The number of anilines is 1. The van der Waals surface area contributed by atoms with E-state index in [2.05, 4.69) is 18.9 Å². The molecule has 0 unspecified atom stereocenters. The number of nitrogens with zero attached hydrogens (tertiary/aromatic N) is 3. The van der Waals surface area contributed by atoms with E-state index >= 15 is 0 Å². The Balaban J connectivity index is 1.85. The Bertz CT molecular complexity index is 686. The predicted octanol–water partition coefficient (Wildman–Crippen LogP) is 1.47. The molecular weight excluding hydrogens is 292 g/mol. The van der Waals surface area contributed by atoms with E-state index in [9.17, 15) is 0 Å². The van der Waals surface area contributed by atoms with E-state index in [1.165, 1.54) is 54.8 Å². The number of rotatable bonds is 2. The van der Waals surface area contributed by atoms with E-state index in [4.69, 9.17) is 9.97 Å². The van der Waals surface area contributed by atoms with Crippen molar-refractivity contribution in [2.24, 2.45) is 0 Å². The fraction of sp³-hybridized carbons (Fsp3) is 0.647. The van der Waals surface area contributed by atoms with Gasteiger partial charge in [-0.1, -0.05) is 6.92 Å². The van der Waals surface area contributed by atoms with Crippen molar-refractivity contribution in [3.8, 4) is 0 Å². The van der Waals surface area contributed by atoms with Crippen LogP contribution in [0.2, 0.25) is 0 Å². The van der Waals surface area contributed by atoms with Crippen molar-refractivity contribution in [2.75, 3.05) is 38.1 Å². The molecule has 0 spiro atoms. The van der Waals surface area contributed by atoms with Gasteiger partial charge in [0.15, 0.2) is 0 Å². The van der Waals surface area contributed by atoms with Gasteiger partial charge >= 0.3 is 0 Å². The Labute approximate surface area is 136 Å². The number of aryl methyl sites for hydroxylation is 3.